The number of piperidine rings is 1. The number of hydrogen-bond acceptors (Lipinski definition) is 6. The fourth-order valence-electron chi connectivity index (χ4n) is 7.18. The Bertz CT molecular complexity index is 1700. The Hall–Kier alpha value is -4.21. The highest BCUT2D eigenvalue weighted by molar-refractivity contribution is 7.90. The van der Waals surface area contributed by atoms with Crippen LogP contribution < -0.4 is 16.4 Å². The highest BCUT2D eigenvalue weighted by atomic mass is 32.2. The van der Waals surface area contributed by atoms with E-state index in [0.29, 0.717) is 41.8 Å². The number of dihydropyridines is 1. The Kier molecular flexibility index (Phi) is 10.7. The lowest BCUT2D eigenvalue weighted by molar-refractivity contribution is -0.117. The van der Waals surface area contributed by atoms with Gasteiger partial charge in [-0.05, 0) is 80.6 Å². The molecule has 8 nitrogen and oxygen atoms in total. The lowest BCUT2D eigenvalue weighted by Crippen LogP contribution is -2.44. The van der Waals surface area contributed by atoms with Crippen LogP contribution in [-0.2, 0) is 24.8 Å². The first-order valence-corrected chi connectivity index (χ1v) is 18.4. The van der Waals surface area contributed by atoms with Gasteiger partial charge in [0.15, 0.2) is 9.84 Å². The van der Waals surface area contributed by atoms with E-state index in [-0.39, 0.29) is 16.2 Å². The zero-order chi connectivity index (χ0) is 33.6. The summed E-state index contributed by atoms with van der Waals surface area (Å²) in [6.45, 7) is 7.16. The third kappa shape index (κ3) is 7.36. The lowest BCUT2D eigenvalue weighted by atomic mass is 9.68. The molecule has 2 aliphatic heterocycles. The summed E-state index contributed by atoms with van der Waals surface area (Å²) in [4.78, 5) is 29.4. The predicted molar refractivity (Wildman–Crippen MR) is 186 cm³/mol. The minimum atomic E-state index is -3.41. The van der Waals surface area contributed by atoms with Gasteiger partial charge in [0, 0.05) is 46.7 Å². The summed E-state index contributed by atoms with van der Waals surface area (Å²) in [6, 6.07) is 28.0. The molecule has 0 saturated carbocycles. The summed E-state index contributed by atoms with van der Waals surface area (Å²) in [7, 11) is -3.41. The zero-order valence-electron chi connectivity index (χ0n) is 27.6. The number of rotatable bonds is 12. The van der Waals surface area contributed by atoms with E-state index in [0.717, 1.165) is 50.8 Å². The average Bonchev–Trinajstić information content (AvgIpc) is 3.09. The number of nitrogens with one attached hydrogen (secondary N) is 2. The van der Waals surface area contributed by atoms with Gasteiger partial charge in [-0.25, -0.2) is 8.42 Å². The Morgan fingerprint density at radius 3 is 1.87 bits per heavy atom. The summed E-state index contributed by atoms with van der Waals surface area (Å²) in [6.07, 6.45) is 5.05. The Labute approximate surface area is 279 Å². The molecule has 1 atom stereocenters. The van der Waals surface area contributed by atoms with Gasteiger partial charge in [0.05, 0.1) is 4.90 Å². The van der Waals surface area contributed by atoms with E-state index in [1.165, 1.54) is 23.3 Å². The van der Waals surface area contributed by atoms with Gasteiger partial charge >= 0.3 is 0 Å². The van der Waals surface area contributed by atoms with E-state index >= 15 is 0 Å². The molecule has 2 aliphatic rings. The van der Waals surface area contributed by atoms with Crippen molar-refractivity contribution in [2.75, 3.05) is 32.4 Å². The monoisotopic (exact) mass is 654 g/mol. The Morgan fingerprint density at radius 1 is 0.851 bits per heavy atom. The van der Waals surface area contributed by atoms with Crippen molar-refractivity contribution >= 4 is 21.7 Å². The molecule has 4 N–H and O–H groups in total. The molecule has 1 fully saturated rings. The van der Waals surface area contributed by atoms with Crippen LogP contribution in [0.4, 0.5) is 0 Å². The van der Waals surface area contributed by atoms with Gasteiger partial charge in [0.2, 0.25) is 11.8 Å². The molecule has 0 aromatic heterocycles. The maximum Gasteiger partial charge on any atom is 0.249 e. The second-order valence-corrected chi connectivity index (χ2v) is 14.5. The molecule has 1 unspecified atom stereocenters. The number of carbonyl (C=O) groups excluding carboxylic acids is 2. The molecule has 5 rings (SSSR count). The number of allylic oxidation sites excluding steroid dienone is 2. The van der Waals surface area contributed by atoms with E-state index in [2.05, 4.69) is 76.2 Å². The zero-order valence-corrected chi connectivity index (χ0v) is 28.4. The SMILES string of the molecule is CCC1=C(C(N)=O)C(c2ccc(S(C)(=O)=O)cc2)C(C(=O)NCCCN2CCC(c3ccccc3)(c3ccccc3)CC2)=C(CC)N1. The molecule has 0 bridgehead atoms. The highest BCUT2D eigenvalue weighted by Crippen LogP contribution is 2.42. The summed E-state index contributed by atoms with van der Waals surface area (Å²) < 4.78 is 24.2. The largest absolute Gasteiger partial charge is 0.366 e. The second kappa shape index (κ2) is 14.7. The first-order valence-electron chi connectivity index (χ1n) is 16.5. The molecule has 0 aliphatic carbocycles. The van der Waals surface area contributed by atoms with Crippen LogP contribution in [-0.4, -0.2) is 57.6 Å². The topological polar surface area (TPSA) is 122 Å². The molecule has 3 aromatic rings. The number of primary amides is 1. The smallest absolute Gasteiger partial charge is 0.249 e. The number of sulfone groups is 1. The summed E-state index contributed by atoms with van der Waals surface area (Å²) in [5, 5.41) is 6.44. The first kappa shape index (κ1) is 34.1. The number of nitrogens with two attached hydrogens (primary N) is 1. The van der Waals surface area contributed by atoms with E-state index in [1.54, 1.807) is 12.1 Å². The molecule has 2 heterocycles. The number of carbonyl (C=O) groups is 2. The van der Waals surface area contributed by atoms with Gasteiger partial charge in [-0.3, -0.25) is 9.59 Å². The fourth-order valence-corrected chi connectivity index (χ4v) is 7.81. The minimum Gasteiger partial charge on any atom is -0.366 e. The number of amides is 2. The van der Waals surface area contributed by atoms with Crippen LogP contribution in [0.5, 0.6) is 0 Å². The minimum absolute atomic E-state index is 0.0121. The maximum atomic E-state index is 13.9. The molecular weight excluding hydrogens is 609 g/mol. The van der Waals surface area contributed by atoms with Crippen molar-refractivity contribution in [3.05, 3.63) is 124 Å². The van der Waals surface area contributed by atoms with Crippen LogP contribution in [0.15, 0.2) is 112 Å². The van der Waals surface area contributed by atoms with Gasteiger partial charge in [-0.2, -0.15) is 0 Å². The molecular formula is C38H46N4O4S. The summed E-state index contributed by atoms with van der Waals surface area (Å²) in [5.74, 6) is -1.58. The van der Waals surface area contributed by atoms with Gasteiger partial charge in [-0.15, -0.1) is 0 Å². The van der Waals surface area contributed by atoms with Crippen LogP contribution in [0.3, 0.4) is 0 Å². The molecule has 0 radical (unpaired) electrons. The van der Waals surface area contributed by atoms with Crippen LogP contribution in [0, 0.1) is 0 Å². The predicted octanol–water partition coefficient (Wildman–Crippen LogP) is 5.18. The van der Waals surface area contributed by atoms with E-state index in [1.807, 2.05) is 13.8 Å². The summed E-state index contributed by atoms with van der Waals surface area (Å²) in [5.41, 5.74) is 11.4. The quantitative estimate of drug-likeness (QED) is 0.232. The number of likely N-dealkylation sites (tertiary alicyclic amines) is 1. The first-order chi connectivity index (χ1) is 22.6. The number of nitrogens with zero attached hydrogens (tertiary/aromatic N) is 1. The van der Waals surface area contributed by atoms with Gasteiger partial charge in [0.1, 0.15) is 0 Å². The molecule has 248 valence electrons. The number of benzene rings is 3. The highest BCUT2D eigenvalue weighted by Gasteiger charge is 2.38. The van der Waals surface area contributed by atoms with Crippen LogP contribution >= 0.6 is 0 Å². The average molecular weight is 655 g/mol. The lowest BCUT2D eigenvalue weighted by Gasteiger charge is -2.43. The third-order valence-electron chi connectivity index (χ3n) is 9.69. The number of hydrogen-bond donors (Lipinski definition) is 3. The summed E-state index contributed by atoms with van der Waals surface area (Å²) >= 11 is 0. The maximum absolute atomic E-state index is 13.9. The van der Waals surface area contributed by atoms with E-state index < -0.39 is 21.7 Å². The van der Waals surface area contributed by atoms with Crippen molar-refractivity contribution < 1.29 is 18.0 Å². The molecule has 9 heteroatoms. The standard InChI is InChI=1S/C38H46N4O4S/c1-4-31-34(36(39)43)33(27-17-19-30(20-18-27)47(3,45)46)35(32(5-2)41-31)37(44)40-23-12-24-42-25-21-38(22-26-42,28-13-8-6-9-14-28)29-15-10-7-11-16-29/h6-11,13-20,33,41H,4-5,12,21-26H2,1-3H3,(H2,39,43)(H,40,44). The van der Waals surface area contributed by atoms with Gasteiger partial charge in [0.25, 0.3) is 0 Å². The second-order valence-electron chi connectivity index (χ2n) is 12.5. The van der Waals surface area contributed by atoms with Crippen molar-refractivity contribution in [2.45, 2.75) is 62.2 Å². The molecule has 0 spiro atoms. The van der Waals surface area contributed by atoms with Crippen molar-refractivity contribution in [3.63, 3.8) is 0 Å². The van der Waals surface area contributed by atoms with Crippen molar-refractivity contribution in [2.24, 2.45) is 5.73 Å². The fraction of sp³-hybridized carbons (Fsp3) is 0.368. The molecule has 2 amide bonds. The molecule has 47 heavy (non-hydrogen) atoms. The van der Waals surface area contributed by atoms with E-state index in [9.17, 15) is 18.0 Å². The van der Waals surface area contributed by atoms with Crippen molar-refractivity contribution in [1.29, 1.82) is 0 Å². The Morgan fingerprint density at radius 2 is 1.38 bits per heavy atom. The van der Waals surface area contributed by atoms with Crippen molar-refractivity contribution in [3.8, 4) is 0 Å². The Balaban J connectivity index is 1.28. The third-order valence-corrected chi connectivity index (χ3v) is 10.8. The van der Waals surface area contributed by atoms with Crippen LogP contribution in [0.25, 0.3) is 0 Å². The van der Waals surface area contributed by atoms with Crippen LogP contribution in [0.2, 0.25) is 0 Å². The molecule has 1 saturated heterocycles. The van der Waals surface area contributed by atoms with Gasteiger partial charge < -0.3 is 21.3 Å². The van der Waals surface area contributed by atoms with Crippen molar-refractivity contribution in [1.82, 2.24) is 15.5 Å². The van der Waals surface area contributed by atoms with Gasteiger partial charge in [-0.1, -0.05) is 86.6 Å². The van der Waals surface area contributed by atoms with Crippen LogP contribution in [0.1, 0.15) is 68.6 Å². The normalized spacial score (nSPS) is 18.5. The van der Waals surface area contributed by atoms with E-state index in [4.69, 9.17) is 5.73 Å². The molecule has 3 aromatic carbocycles.